The van der Waals surface area contributed by atoms with Crippen LogP contribution in [0.2, 0.25) is 10.0 Å². The maximum Gasteiger partial charge on any atom is 0.338 e. The fraction of sp³-hybridized carbons (Fsp3) is 0.263. The highest BCUT2D eigenvalue weighted by Crippen LogP contribution is 2.26. The van der Waals surface area contributed by atoms with E-state index in [0.29, 0.717) is 10.7 Å². The van der Waals surface area contributed by atoms with Crippen LogP contribution in [0.3, 0.4) is 0 Å². The lowest BCUT2D eigenvalue weighted by Gasteiger charge is -2.28. The van der Waals surface area contributed by atoms with E-state index in [1.165, 1.54) is 49.4 Å². The number of benzene rings is 2. The van der Waals surface area contributed by atoms with Gasteiger partial charge in [0.1, 0.15) is 6.04 Å². The highest BCUT2D eigenvalue weighted by Gasteiger charge is 2.29. The molecule has 0 heterocycles. The molecule has 2 aromatic carbocycles. The standard InChI is InChI=1S/C19H20Cl2N2O5S/c1-4-28-19(25)13-5-10-17(16(21)11-13)22-18(24)12(2)23(29(3,26)27)15-8-6-14(20)7-9-15/h5-12H,4H2,1-3H3,(H,22,24)/t12-/m0/s1. The SMILES string of the molecule is CCOC(=O)c1ccc(NC(=O)[C@H](C)N(c2ccc(Cl)cc2)S(C)(=O)=O)c(Cl)c1. The summed E-state index contributed by atoms with van der Waals surface area (Å²) in [6.45, 7) is 3.36. The van der Waals surface area contributed by atoms with Crippen molar-refractivity contribution in [2.45, 2.75) is 19.9 Å². The monoisotopic (exact) mass is 458 g/mol. The number of carbonyl (C=O) groups excluding carboxylic acids is 2. The van der Waals surface area contributed by atoms with Crippen molar-refractivity contribution in [3.8, 4) is 0 Å². The molecule has 1 N–H and O–H groups in total. The number of nitrogens with zero attached hydrogens (tertiary/aromatic N) is 1. The summed E-state index contributed by atoms with van der Waals surface area (Å²) in [6, 6.07) is 9.28. The van der Waals surface area contributed by atoms with Crippen LogP contribution >= 0.6 is 23.2 Å². The van der Waals surface area contributed by atoms with Gasteiger partial charge in [-0.3, -0.25) is 9.10 Å². The minimum Gasteiger partial charge on any atom is -0.462 e. The normalized spacial score (nSPS) is 12.2. The van der Waals surface area contributed by atoms with Crippen molar-refractivity contribution in [3.63, 3.8) is 0 Å². The highest BCUT2D eigenvalue weighted by atomic mass is 35.5. The first-order valence-electron chi connectivity index (χ1n) is 8.57. The van der Waals surface area contributed by atoms with Crippen LogP contribution in [0.15, 0.2) is 42.5 Å². The fourth-order valence-electron chi connectivity index (χ4n) is 2.59. The maximum atomic E-state index is 12.7. The number of carbonyl (C=O) groups is 2. The number of esters is 1. The van der Waals surface area contributed by atoms with E-state index in [9.17, 15) is 18.0 Å². The van der Waals surface area contributed by atoms with Gasteiger partial charge in [-0.15, -0.1) is 0 Å². The van der Waals surface area contributed by atoms with E-state index in [-0.39, 0.29) is 22.9 Å². The molecule has 1 atom stereocenters. The van der Waals surface area contributed by atoms with Gasteiger partial charge in [0.15, 0.2) is 0 Å². The quantitative estimate of drug-likeness (QED) is 0.633. The average molecular weight is 459 g/mol. The molecule has 0 aliphatic rings. The molecule has 0 saturated carbocycles. The number of anilines is 2. The number of hydrogen-bond acceptors (Lipinski definition) is 5. The molecule has 29 heavy (non-hydrogen) atoms. The number of halogens is 2. The van der Waals surface area contributed by atoms with Gasteiger partial charge in [-0.2, -0.15) is 0 Å². The molecule has 0 unspecified atom stereocenters. The molecule has 156 valence electrons. The number of ether oxygens (including phenoxy) is 1. The van der Waals surface area contributed by atoms with Gasteiger partial charge in [0.05, 0.1) is 34.8 Å². The molecule has 0 aliphatic carbocycles. The maximum absolute atomic E-state index is 12.7. The minimum absolute atomic E-state index is 0.119. The summed E-state index contributed by atoms with van der Waals surface area (Å²) in [5.41, 5.74) is 0.770. The van der Waals surface area contributed by atoms with E-state index < -0.39 is 27.9 Å². The van der Waals surface area contributed by atoms with Gasteiger partial charge in [-0.1, -0.05) is 23.2 Å². The van der Waals surface area contributed by atoms with Crippen LogP contribution in [0.4, 0.5) is 11.4 Å². The van der Waals surface area contributed by atoms with Crippen LogP contribution in [0.25, 0.3) is 0 Å². The molecular weight excluding hydrogens is 439 g/mol. The molecule has 1 amide bonds. The van der Waals surface area contributed by atoms with Crippen molar-refractivity contribution in [2.24, 2.45) is 0 Å². The number of amides is 1. The summed E-state index contributed by atoms with van der Waals surface area (Å²) in [5, 5.41) is 3.14. The smallest absolute Gasteiger partial charge is 0.338 e. The predicted molar refractivity (Wildman–Crippen MR) is 114 cm³/mol. The Kier molecular flexibility index (Phi) is 7.51. The second-order valence-corrected chi connectivity index (χ2v) is 8.82. The fourth-order valence-corrected chi connectivity index (χ4v) is 4.12. The van der Waals surface area contributed by atoms with Gasteiger partial charge in [0.2, 0.25) is 15.9 Å². The van der Waals surface area contributed by atoms with Crippen molar-refractivity contribution in [1.82, 2.24) is 0 Å². The summed E-state index contributed by atoms with van der Waals surface area (Å²) in [7, 11) is -3.77. The summed E-state index contributed by atoms with van der Waals surface area (Å²) in [6.07, 6.45) is 1.01. The predicted octanol–water partition coefficient (Wildman–Crippen LogP) is 3.96. The molecule has 0 spiro atoms. The second-order valence-electron chi connectivity index (χ2n) is 6.12. The Balaban J connectivity index is 2.26. The first-order valence-corrected chi connectivity index (χ1v) is 11.2. The van der Waals surface area contributed by atoms with Crippen LogP contribution in [0, 0.1) is 0 Å². The largest absolute Gasteiger partial charge is 0.462 e. The lowest BCUT2D eigenvalue weighted by molar-refractivity contribution is -0.116. The van der Waals surface area contributed by atoms with Gasteiger partial charge >= 0.3 is 5.97 Å². The van der Waals surface area contributed by atoms with E-state index in [1.807, 2.05) is 0 Å². The van der Waals surface area contributed by atoms with Crippen LogP contribution < -0.4 is 9.62 Å². The van der Waals surface area contributed by atoms with Crippen molar-refractivity contribution < 1.29 is 22.7 Å². The van der Waals surface area contributed by atoms with E-state index in [2.05, 4.69) is 5.32 Å². The number of sulfonamides is 1. The van der Waals surface area contributed by atoms with Crippen molar-refractivity contribution in [2.75, 3.05) is 22.5 Å². The summed E-state index contributed by atoms with van der Waals surface area (Å²) in [4.78, 5) is 24.5. The zero-order valence-corrected chi connectivity index (χ0v) is 18.3. The third-order valence-electron chi connectivity index (χ3n) is 3.91. The highest BCUT2D eigenvalue weighted by molar-refractivity contribution is 7.92. The number of nitrogens with one attached hydrogen (secondary N) is 1. The molecule has 0 aliphatic heterocycles. The van der Waals surface area contributed by atoms with Crippen LogP contribution in [-0.2, 0) is 19.6 Å². The van der Waals surface area contributed by atoms with E-state index in [4.69, 9.17) is 27.9 Å². The molecule has 0 saturated heterocycles. The lowest BCUT2D eigenvalue weighted by Crippen LogP contribution is -2.45. The van der Waals surface area contributed by atoms with Crippen LogP contribution in [0.1, 0.15) is 24.2 Å². The van der Waals surface area contributed by atoms with Gasteiger partial charge in [0, 0.05) is 5.02 Å². The summed E-state index contributed by atoms with van der Waals surface area (Å²) in [5.74, 6) is -1.14. The van der Waals surface area contributed by atoms with Crippen LogP contribution in [-0.4, -0.2) is 39.2 Å². The molecule has 7 nitrogen and oxygen atoms in total. The summed E-state index contributed by atoms with van der Waals surface area (Å²) >= 11 is 12.0. The van der Waals surface area contributed by atoms with Gasteiger partial charge in [-0.05, 0) is 56.3 Å². The van der Waals surface area contributed by atoms with E-state index in [1.54, 1.807) is 6.92 Å². The van der Waals surface area contributed by atoms with Crippen molar-refractivity contribution >= 4 is 56.5 Å². The van der Waals surface area contributed by atoms with Gasteiger partial charge < -0.3 is 10.1 Å². The average Bonchev–Trinajstić information content (AvgIpc) is 2.64. The first-order chi connectivity index (χ1) is 13.5. The third kappa shape index (κ3) is 5.85. The second kappa shape index (κ2) is 9.47. The Bertz CT molecular complexity index is 1010. The Morgan fingerprint density at radius 3 is 2.28 bits per heavy atom. The molecule has 0 aromatic heterocycles. The molecular formula is C19H20Cl2N2O5S. The first kappa shape index (κ1) is 23.0. The summed E-state index contributed by atoms with van der Waals surface area (Å²) < 4.78 is 30.5. The van der Waals surface area contributed by atoms with E-state index in [0.717, 1.165) is 10.6 Å². The molecule has 0 radical (unpaired) electrons. The number of rotatable bonds is 7. The van der Waals surface area contributed by atoms with Crippen molar-refractivity contribution in [1.29, 1.82) is 0 Å². The van der Waals surface area contributed by atoms with Crippen molar-refractivity contribution in [3.05, 3.63) is 58.1 Å². The topological polar surface area (TPSA) is 92.8 Å². The number of hydrogen-bond donors (Lipinski definition) is 1. The van der Waals surface area contributed by atoms with Gasteiger partial charge in [-0.25, -0.2) is 13.2 Å². The minimum atomic E-state index is -3.77. The zero-order valence-electron chi connectivity index (χ0n) is 16.0. The Morgan fingerprint density at radius 1 is 1.14 bits per heavy atom. The van der Waals surface area contributed by atoms with Gasteiger partial charge in [0.25, 0.3) is 0 Å². The third-order valence-corrected chi connectivity index (χ3v) is 5.71. The molecule has 10 heteroatoms. The molecule has 2 aromatic rings. The van der Waals surface area contributed by atoms with E-state index >= 15 is 0 Å². The Morgan fingerprint density at radius 2 is 1.76 bits per heavy atom. The molecule has 0 bridgehead atoms. The zero-order chi connectivity index (χ0) is 21.8. The lowest BCUT2D eigenvalue weighted by atomic mass is 10.2. The Hall–Kier alpha value is -2.29. The molecule has 0 fully saturated rings. The van der Waals surface area contributed by atoms with Crippen LogP contribution in [0.5, 0.6) is 0 Å². The molecule has 2 rings (SSSR count). The Labute approximate surface area is 179 Å².